The molecule has 2 fully saturated rings. The molecule has 0 saturated carbocycles. The number of hydrogen-bond donors (Lipinski definition) is 2. The van der Waals surface area contributed by atoms with E-state index in [2.05, 4.69) is 10.0 Å². The first-order chi connectivity index (χ1) is 8.16. The minimum Gasteiger partial charge on any atom is -0.380 e. The number of ether oxygens (including phenoxy) is 1. The van der Waals surface area contributed by atoms with Gasteiger partial charge in [-0.15, -0.1) is 0 Å². The van der Waals surface area contributed by atoms with Crippen LogP contribution < -0.4 is 10.0 Å². The molecule has 2 saturated heterocycles. The van der Waals surface area contributed by atoms with E-state index in [0.29, 0.717) is 12.5 Å². The van der Waals surface area contributed by atoms with E-state index >= 15 is 0 Å². The van der Waals surface area contributed by atoms with Gasteiger partial charge in [0.15, 0.2) is 0 Å². The number of rotatable bonds is 4. The molecule has 0 spiro atoms. The Labute approximate surface area is 103 Å². The molecular formula is C11H22N2O3S. The zero-order valence-corrected chi connectivity index (χ0v) is 11.0. The van der Waals surface area contributed by atoms with Crippen LogP contribution in [-0.4, -0.2) is 46.5 Å². The highest BCUT2D eigenvalue weighted by molar-refractivity contribution is 7.89. The highest BCUT2D eigenvalue weighted by atomic mass is 32.2. The van der Waals surface area contributed by atoms with Crippen molar-refractivity contribution in [3.05, 3.63) is 0 Å². The third-order valence-electron chi connectivity index (χ3n) is 3.42. The molecule has 0 aromatic carbocycles. The summed E-state index contributed by atoms with van der Waals surface area (Å²) in [7, 11) is -3.14. The van der Waals surface area contributed by atoms with Crippen LogP contribution in [0.4, 0.5) is 0 Å². The smallest absolute Gasteiger partial charge is 0.212 e. The van der Waals surface area contributed by atoms with Crippen LogP contribution in [0.3, 0.4) is 0 Å². The van der Waals surface area contributed by atoms with Gasteiger partial charge in [-0.1, -0.05) is 0 Å². The molecule has 5 nitrogen and oxygen atoms in total. The van der Waals surface area contributed by atoms with Crippen LogP contribution in [0.15, 0.2) is 0 Å². The largest absolute Gasteiger partial charge is 0.380 e. The highest BCUT2D eigenvalue weighted by Crippen LogP contribution is 2.15. The first-order valence-electron chi connectivity index (χ1n) is 6.44. The van der Waals surface area contributed by atoms with E-state index < -0.39 is 10.0 Å². The maximum Gasteiger partial charge on any atom is 0.212 e. The summed E-state index contributed by atoms with van der Waals surface area (Å²) < 4.78 is 32.0. The van der Waals surface area contributed by atoms with Gasteiger partial charge >= 0.3 is 0 Å². The summed E-state index contributed by atoms with van der Waals surface area (Å²) in [6, 6.07) is -0.0181. The second-order valence-corrected chi connectivity index (χ2v) is 6.81. The predicted molar refractivity (Wildman–Crippen MR) is 66.4 cm³/mol. The summed E-state index contributed by atoms with van der Waals surface area (Å²) >= 11 is 0. The van der Waals surface area contributed by atoms with E-state index in [1.807, 2.05) is 0 Å². The summed E-state index contributed by atoms with van der Waals surface area (Å²) in [5, 5.41) is 3.25. The molecule has 0 radical (unpaired) electrons. The predicted octanol–water partition coefficient (Wildman–Crippen LogP) is 0.0844. The normalized spacial score (nSPS) is 28.1. The first kappa shape index (κ1) is 13.3. The summed E-state index contributed by atoms with van der Waals surface area (Å²) in [6.07, 6.45) is 3.76. The molecule has 100 valence electrons. The fraction of sp³-hybridized carbons (Fsp3) is 1.00. The Hall–Kier alpha value is -0.170. The maximum absolute atomic E-state index is 12.0. The van der Waals surface area contributed by atoms with E-state index in [4.69, 9.17) is 4.74 Å². The van der Waals surface area contributed by atoms with Crippen LogP contribution >= 0.6 is 0 Å². The van der Waals surface area contributed by atoms with Crippen molar-refractivity contribution in [2.45, 2.75) is 31.7 Å². The van der Waals surface area contributed by atoms with Crippen molar-refractivity contribution in [1.82, 2.24) is 10.0 Å². The summed E-state index contributed by atoms with van der Waals surface area (Å²) in [4.78, 5) is 0. The molecule has 2 rings (SSSR count). The Morgan fingerprint density at radius 3 is 2.65 bits per heavy atom. The molecule has 0 aromatic rings. The SMILES string of the molecule is O=S(=O)(CC1CCNCC1)NC1CCCOC1. The van der Waals surface area contributed by atoms with Crippen LogP contribution in [0, 0.1) is 5.92 Å². The Bertz CT molecular complexity index is 294. The summed E-state index contributed by atoms with van der Waals surface area (Å²) in [5.74, 6) is 0.573. The topological polar surface area (TPSA) is 67.4 Å². The van der Waals surface area contributed by atoms with Crippen molar-refractivity contribution in [3.8, 4) is 0 Å². The van der Waals surface area contributed by atoms with Gasteiger partial charge in [0.2, 0.25) is 10.0 Å². The third-order valence-corrected chi connectivity index (χ3v) is 5.02. The van der Waals surface area contributed by atoms with Crippen LogP contribution in [0.2, 0.25) is 0 Å². The molecule has 0 amide bonds. The van der Waals surface area contributed by atoms with Gasteiger partial charge in [0.05, 0.1) is 12.4 Å². The van der Waals surface area contributed by atoms with Crippen molar-refractivity contribution in [1.29, 1.82) is 0 Å². The second kappa shape index (κ2) is 6.13. The van der Waals surface area contributed by atoms with Gasteiger partial charge in [0.1, 0.15) is 0 Å². The molecule has 2 N–H and O–H groups in total. The Morgan fingerprint density at radius 1 is 1.24 bits per heavy atom. The van der Waals surface area contributed by atoms with E-state index in [1.165, 1.54) is 0 Å². The molecular weight excluding hydrogens is 240 g/mol. The van der Waals surface area contributed by atoms with Crippen LogP contribution in [0.5, 0.6) is 0 Å². The summed E-state index contributed by atoms with van der Waals surface area (Å²) in [6.45, 7) is 3.15. The lowest BCUT2D eigenvalue weighted by atomic mass is 10.0. The van der Waals surface area contributed by atoms with E-state index in [9.17, 15) is 8.42 Å². The lowest BCUT2D eigenvalue weighted by Crippen LogP contribution is -2.43. The first-order valence-corrected chi connectivity index (χ1v) is 8.09. The average molecular weight is 262 g/mol. The number of nitrogens with one attached hydrogen (secondary N) is 2. The van der Waals surface area contributed by atoms with Gasteiger partial charge in [-0.05, 0) is 44.7 Å². The van der Waals surface area contributed by atoms with Crippen molar-refractivity contribution in [2.24, 2.45) is 5.92 Å². The average Bonchev–Trinajstić information content (AvgIpc) is 2.30. The quantitative estimate of drug-likeness (QED) is 0.753. The zero-order valence-electron chi connectivity index (χ0n) is 10.2. The molecule has 0 aromatic heterocycles. The highest BCUT2D eigenvalue weighted by Gasteiger charge is 2.24. The Kier molecular flexibility index (Phi) is 4.78. The van der Waals surface area contributed by atoms with Gasteiger partial charge < -0.3 is 10.1 Å². The van der Waals surface area contributed by atoms with Crippen molar-refractivity contribution in [3.63, 3.8) is 0 Å². The molecule has 2 heterocycles. The molecule has 1 atom stereocenters. The summed E-state index contributed by atoms with van der Waals surface area (Å²) in [5.41, 5.74) is 0. The minimum atomic E-state index is -3.14. The molecule has 0 aliphatic carbocycles. The third kappa shape index (κ3) is 4.54. The Morgan fingerprint density at radius 2 is 2.00 bits per heavy atom. The van der Waals surface area contributed by atoms with Gasteiger partial charge in [0, 0.05) is 12.6 Å². The van der Waals surface area contributed by atoms with Gasteiger partial charge in [-0.3, -0.25) is 0 Å². The maximum atomic E-state index is 12.0. The van der Waals surface area contributed by atoms with Gasteiger partial charge in [0.25, 0.3) is 0 Å². The van der Waals surface area contributed by atoms with Crippen LogP contribution in [-0.2, 0) is 14.8 Å². The van der Waals surface area contributed by atoms with Crippen LogP contribution in [0.1, 0.15) is 25.7 Å². The number of hydrogen-bond acceptors (Lipinski definition) is 4. The molecule has 2 aliphatic rings. The van der Waals surface area contributed by atoms with Gasteiger partial charge in [-0.25, -0.2) is 13.1 Å². The monoisotopic (exact) mass is 262 g/mol. The molecule has 0 bridgehead atoms. The minimum absolute atomic E-state index is 0.0181. The molecule has 2 aliphatic heterocycles. The lowest BCUT2D eigenvalue weighted by Gasteiger charge is -2.26. The van der Waals surface area contributed by atoms with Crippen molar-refractivity contribution >= 4 is 10.0 Å². The van der Waals surface area contributed by atoms with E-state index in [1.54, 1.807) is 0 Å². The van der Waals surface area contributed by atoms with E-state index in [0.717, 1.165) is 45.4 Å². The zero-order chi connectivity index (χ0) is 12.1. The van der Waals surface area contributed by atoms with Crippen LogP contribution in [0.25, 0.3) is 0 Å². The molecule has 1 unspecified atom stereocenters. The Balaban J connectivity index is 1.80. The molecule has 17 heavy (non-hydrogen) atoms. The van der Waals surface area contributed by atoms with E-state index in [-0.39, 0.29) is 11.8 Å². The van der Waals surface area contributed by atoms with Crippen molar-refractivity contribution < 1.29 is 13.2 Å². The standard InChI is InChI=1S/C11H22N2O3S/c14-17(15,9-10-3-5-12-6-4-10)13-11-2-1-7-16-8-11/h10-13H,1-9H2. The second-order valence-electron chi connectivity index (χ2n) is 5.01. The lowest BCUT2D eigenvalue weighted by molar-refractivity contribution is 0.0773. The van der Waals surface area contributed by atoms with Crippen molar-refractivity contribution in [2.75, 3.05) is 32.1 Å². The fourth-order valence-electron chi connectivity index (χ4n) is 2.49. The number of piperidine rings is 1. The molecule has 6 heteroatoms. The fourth-order valence-corrected chi connectivity index (χ4v) is 4.24. The number of sulfonamides is 1. The van der Waals surface area contributed by atoms with Gasteiger partial charge in [-0.2, -0.15) is 0 Å².